The van der Waals surface area contributed by atoms with Crippen LogP contribution in [0.25, 0.3) is 0 Å². The van der Waals surface area contributed by atoms with Crippen LogP contribution in [0.5, 0.6) is 0 Å². The topological polar surface area (TPSA) is 41.4 Å². The molecule has 0 amide bonds. The Morgan fingerprint density at radius 1 is 0.886 bits per heavy atom. The minimum atomic E-state index is -0.0571. The normalized spacial score (nSPS) is 13.7. The number of rotatable bonds is 5. The quantitative estimate of drug-likeness (QED) is 0.292. The SMILES string of the molecule is Cc1nc2n(c(=O)c1Cc1ccccc1)CN(Cc1ccccc1Cl)CN2c1cc(Cl)cc(Cl)c1. The number of aromatic nitrogens is 2. The number of halogens is 3. The molecule has 0 saturated heterocycles. The van der Waals surface area contributed by atoms with Gasteiger partial charge in [-0.05, 0) is 42.3 Å². The molecule has 1 aliphatic heterocycles. The molecule has 0 N–H and O–H groups in total. The molecule has 0 unspecified atom stereocenters. The van der Waals surface area contributed by atoms with E-state index in [0.29, 0.717) is 58.6 Å². The van der Waals surface area contributed by atoms with Crippen molar-refractivity contribution < 1.29 is 0 Å². The maximum absolute atomic E-state index is 13.8. The van der Waals surface area contributed by atoms with Gasteiger partial charge in [-0.3, -0.25) is 19.2 Å². The number of aryl methyl sites for hydroxylation is 1. The molecule has 0 spiro atoms. The average molecular weight is 526 g/mol. The standard InChI is InChI=1S/C27H23Cl3N4O/c1-18-24(11-19-7-3-2-4-8-19)26(35)34-17-32(15-20-9-5-6-10-25(20)30)16-33(27(34)31-18)23-13-21(28)12-22(29)14-23/h2-10,12-14H,11,15-17H2,1H3. The van der Waals surface area contributed by atoms with Crippen molar-refractivity contribution in [3.05, 3.63) is 121 Å². The Balaban J connectivity index is 1.61. The first-order valence-electron chi connectivity index (χ1n) is 11.2. The number of hydrogen-bond acceptors (Lipinski definition) is 4. The molecule has 2 heterocycles. The summed E-state index contributed by atoms with van der Waals surface area (Å²) in [6.07, 6.45) is 0.520. The largest absolute Gasteiger partial charge is 0.298 e. The van der Waals surface area contributed by atoms with Gasteiger partial charge in [0.25, 0.3) is 5.56 Å². The number of fused-ring (bicyclic) bond motifs is 1. The highest BCUT2D eigenvalue weighted by Gasteiger charge is 2.28. The molecule has 35 heavy (non-hydrogen) atoms. The van der Waals surface area contributed by atoms with Crippen molar-refractivity contribution in [3.63, 3.8) is 0 Å². The smallest absolute Gasteiger partial charge is 0.259 e. The van der Waals surface area contributed by atoms with Crippen molar-refractivity contribution in [2.24, 2.45) is 0 Å². The van der Waals surface area contributed by atoms with E-state index in [1.807, 2.05) is 78.6 Å². The first-order valence-corrected chi connectivity index (χ1v) is 12.4. The lowest BCUT2D eigenvalue weighted by atomic mass is 10.1. The molecule has 1 aliphatic rings. The minimum absolute atomic E-state index is 0.0571. The average Bonchev–Trinajstić information content (AvgIpc) is 2.83. The van der Waals surface area contributed by atoms with Crippen molar-refractivity contribution in [2.45, 2.75) is 26.6 Å². The summed E-state index contributed by atoms with van der Waals surface area (Å²) in [7, 11) is 0. The molecule has 178 valence electrons. The zero-order valence-electron chi connectivity index (χ0n) is 19.1. The van der Waals surface area contributed by atoms with Gasteiger partial charge in [0.05, 0.1) is 19.0 Å². The summed E-state index contributed by atoms with van der Waals surface area (Å²) in [4.78, 5) is 22.8. The fourth-order valence-corrected chi connectivity index (χ4v) is 5.10. The van der Waals surface area contributed by atoms with Crippen molar-refractivity contribution in [3.8, 4) is 0 Å². The van der Waals surface area contributed by atoms with E-state index in [-0.39, 0.29) is 5.56 Å². The van der Waals surface area contributed by atoms with E-state index < -0.39 is 0 Å². The van der Waals surface area contributed by atoms with Gasteiger partial charge in [0.2, 0.25) is 5.95 Å². The Hall–Kier alpha value is -2.83. The lowest BCUT2D eigenvalue weighted by Gasteiger charge is -2.38. The third-order valence-electron chi connectivity index (χ3n) is 6.11. The van der Waals surface area contributed by atoms with Gasteiger partial charge in [0, 0.05) is 39.3 Å². The van der Waals surface area contributed by atoms with E-state index in [9.17, 15) is 4.79 Å². The van der Waals surface area contributed by atoms with Gasteiger partial charge < -0.3 is 0 Å². The van der Waals surface area contributed by atoms with Crippen LogP contribution in [0.15, 0.2) is 77.6 Å². The lowest BCUT2D eigenvalue weighted by molar-refractivity contribution is 0.190. The van der Waals surface area contributed by atoms with Gasteiger partial charge in [0.1, 0.15) is 0 Å². The molecule has 1 aromatic heterocycles. The molecule has 0 saturated carbocycles. The molecule has 5 nitrogen and oxygen atoms in total. The molecule has 5 rings (SSSR count). The fourth-order valence-electron chi connectivity index (χ4n) is 4.39. The van der Waals surface area contributed by atoms with E-state index >= 15 is 0 Å². The number of nitrogens with zero attached hydrogens (tertiary/aromatic N) is 4. The van der Waals surface area contributed by atoms with Crippen LogP contribution < -0.4 is 10.5 Å². The molecule has 0 atom stereocenters. The van der Waals surface area contributed by atoms with Gasteiger partial charge in [-0.15, -0.1) is 0 Å². The third-order valence-corrected chi connectivity index (χ3v) is 6.91. The van der Waals surface area contributed by atoms with E-state index in [4.69, 9.17) is 39.8 Å². The highest BCUT2D eigenvalue weighted by atomic mass is 35.5. The molecule has 3 aromatic carbocycles. The Morgan fingerprint density at radius 2 is 1.57 bits per heavy atom. The lowest BCUT2D eigenvalue weighted by Crippen LogP contribution is -2.47. The van der Waals surface area contributed by atoms with Crippen molar-refractivity contribution in [1.82, 2.24) is 14.5 Å². The maximum Gasteiger partial charge on any atom is 0.259 e. The molecular formula is C27H23Cl3N4O. The van der Waals surface area contributed by atoms with Crippen LogP contribution in [0, 0.1) is 6.92 Å². The van der Waals surface area contributed by atoms with Crippen molar-refractivity contribution in [1.29, 1.82) is 0 Å². The van der Waals surface area contributed by atoms with Gasteiger partial charge >= 0.3 is 0 Å². The monoisotopic (exact) mass is 524 g/mol. The Labute approximate surface area is 219 Å². The summed E-state index contributed by atoms with van der Waals surface area (Å²) in [6, 6.07) is 23.0. The summed E-state index contributed by atoms with van der Waals surface area (Å²) >= 11 is 19.1. The highest BCUT2D eigenvalue weighted by Crippen LogP contribution is 2.33. The second-order valence-corrected chi connectivity index (χ2v) is 9.91. The van der Waals surface area contributed by atoms with E-state index in [1.165, 1.54) is 0 Å². The van der Waals surface area contributed by atoms with E-state index in [0.717, 1.165) is 16.8 Å². The summed E-state index contributed by atoms with van der Waals surface area (Å²) in [5.74, 6) is 0.568. The fraction of sp³-hybridized carbons (Fsp3) is 0.185. The summed E-state index contributed by atoms with van der Waals surface area (Å²) in [6.45, 7) is 3.34. The van der Waals surface area contributed by atoms with Gasteiger partial charge in [-0.1, -0.05) is 83.3 Å². The third kappa shape index (κ3) is 5.09. The highest BCUT2D eigenvalue weighted by molar-refractivity contribution is 6.35. The predicted octanol–water partition coefficient (Wildman–Crippen LogP) is 6.67. The van der Waals surface area contributed by atoms with Crippen LogP contribution >= 0.6 is 34.8 Å². The van der Waals surface area contributed by atoms with Crippen LogP contribution in [0.2, 0.25) is 15.1 Å². The molecule has 0 bridgehead atoms. The molecule has 0 aliphatic carbocycles. The van der Waals surface area contributed by atoms with Crippen molar-refractivity contribution >= 4 is 46.4 Å². The summed E-state index contributed by atoms with van der Waals surface area (Å²) in [5.41, 5.74) is 4.16. The number of anilines is 2. The Kier molecular flexibility index (Phi) is 6.85. The Bertz CT molecular complexity index is 1420. The van der Waals surface area contributed by atoms with Crippen LogP contribution in [0.4, 0.5) is 11.6 Å². The van der Waals surface area contributed by atoms with E-state index in [1.54, 1.807) is 10.6 Å². The molecule has 0 fully saturated rings. The zero-order chi connectivity index (χ0) is 24.5. The zero-order valence-corrected chi connectivity index (χ0v) is 21.4. The first kappa shape index (κ1) is 23.9. The summed E-state index contributed by atoms with van der Waals surface area (Å²) < 4.78 is 1.72. The van der Waals surface area contributed by atoms with Crippen LogP contribution in [0.3, 0.4) is 0 Å². The summed E-state index contributed by atoms with van der Waals surface area (Å²) in [5, 5.41) is 1.72. The molecular weight excluding hydrogens is 503 g/mol. The van der Waals surface area contributed by atoms with E-state index in [2.05, 4.69) is 4.90 Å². The van der Waals surface area contributed by atoms with Crippen LogP contribution in [0.1, 0.15) is 22.4 Å². The Morgan fingerprint density at radius 3 is 2.29 bits per heavy atom. The van der Waals surface area contributed by atoms with Crippen molar-refractivity contribution in [2.75, 3.05) is 11.6 Å². The predicted molar refractivity (Wildman–Crippen MR) is 143 cm³/mol. The molecule has 4 aromatic rings. The van der Waals surface area contributed by atoms with Crippen LogP contribution in [-0.2, 0) is 19.6 Å². The van der Waals surface area contributed by atoms with Gasteiger partial charge in [-0.2, -0.15) is 0 Å². The number of hydrogen-bond donors (Lipinski definition) is 0. The van der Waals surface area contributed by atoms with Crippen LogP contribution in [-0.4, -0.2) is 21.1 Å². The second kappa shape index (κ2) is 10.0. The first-order chi connectivity index (χ1) is 16.9. The maximum atomic E-state index is 13.8. The van der Waals surface area contributed by atoms with Gasteiger partial charge in [-0.25, -0.2) is 4.98 Å². The molecule has 8 heteroatoms. The van der Waals surface area contributed by atoms with Gasteiger partial charge in [0.15, 0.2) is 0 Å². The minimum Gasteiger partial charge on any atom is -0.298 e. The second-order valence-electron chi connectivity index (χ2n) is 8.63. The molecule has 0 radical (unpaired) electrons. The number of benzene rings is 3.